The molecule has 0 spiro atoms. The lowest BCUT2D eigenvalue weighted by atomic mass is 9.98. The summed E-state index contributed by atoms with van der Waals surface area (Å²) in [6.45, 7) is 13.1. The molecule has 0 unspecified atom stereocenters. The van der Waals surface area contributed by atoms with Crippen molar-refractivity contribution in [2.75, 3.05) is 13.1 Å². The summed E-state index contributed by atoms with van der Waals surface area (Å²) >= 11 is 0. The zero-order valence-electron chi connectivity index (χ0n) is 12.6. The molecule has 0 aliphatic carbocycles. The maximum absolute atomic E-state index is 3.48. The van der Waals surface area contributed by atoms with Gasteiger partial charge in [0.15, 0.2) is 0 Å². The number of hydrogen-bond acceptors (Lipinski definition) is 1. The molecule has 0 aliphatic rings. The zero-order chi connectivity index (χ0) is 13.5. The Morgan fingerprint density at radius 2 is 1.72 bits per heavy atom. The second-order valence-corrected chi connectivity index (χ2v) is 5.13. The maximum atomic E-state index is 3.48. The number of aryl methyl sites for hydroxylation is 3. The minimum Gasteiger partial charge on any atom is -0.313 e. The van der Waals surface area contributed by atoms with Crippen LogP contribution in [0.25, 0.3) is 6.08 Å². The van der Waals surface area contributed by atoms with Gasteiger partial charge >= 0.3 is 0 Å². The van der Waals surface area contributed by atoms with Crippen molar-refractivity contribution in [3.05, 3.63) is 40.0 Å². The van der Waals surface area contributed by atoms with Gasteiger partial charge in [0.25, 0.3) is 0 Å². The van der Waals surface area contributed by atoms with Gasteiger partial charge in [0.1, 0.15) is 0 Å². The molecule has 0 radical (unpaired) electrons. The van der Waals surface area contributed by atoms with Crippen molar-refractivity contribution in [3.63, 3.8) is 0 Å². The summed E-state index contributed by atoms with van der Waals surface area (Å²) in [5.74, 6) is 0. The monoisotopic (exact) mass is 245 g/mol. The Balaban J connectivity index is 2.87. The van der Waals surface area contributed by atoms with Gasteiger partial charge in [0.05, 0.1) is 0 Å². The van der Waals surface area contributed by atoms with E-state index in [1.165, 1.54) is 34.2 Å². The molecule has 0 heterocycles. The molecule has 0 fully saturated rings. The van der Waals surface area contributed by atoms with Gasteiger partial charge in [-0.25, -0.2) is 0 Å². The first-order chi connectivity index (χ1) is 8.58. The van der Waals surface area contributed by atoms with Crippen molar-refractivity contribution in [3.8, 4) is 0 Å². The van der Waals surface area contributed by atoms with Crippen LogP contribution in [0.2, 0.25) is 0 Å². The molecule has 1 rings (SSSR count). The molecule has 0 saturated carbocycles. The highest BCUT2D eigenvalue weighted by atomic mass is 14.8. The molecule has 1 heteroatoms. The van der Waals surface area contributed by atoms with E-state index >= 15 is 0 Å². The van der Waals surface area contributed by atoms with Gasteiger partial charge in [-0.3, -0.25) is 0 Å². The third-order valence-corrected chi connectivity index (χ3v) is 3.47. The number of benzene rings is 1. The second-order valence-electron chi connectivity index (χ2n) is 5.13. The Bertz CT molecular complexity index is 416. The fourth-order valence-corrected chi connectivity index (χ4v) is 2.06. The number of hydrogen-bond donors (Lipinski definition) is 1. The van der Waals surface area contributed by atoms with E-state index in [-0.39, 0.29) is 0 Å². The summed E-state index contributed by atoms with van der Waals surface area (Å²) < 4.78 is 0. The molecular weight excluding hydrogens is 218 g/mol. The lowest BCUT2D eigenvalue weighted by Gasteiger charge is -2.10. The highest BCUT2D eigenvalue weighted by molar-refractivity contribution is 5.58. The Morgan fingerprint density at radius 1 is 1.06 bits per heavy atom. The van der Waals surface area contributed by atoms with Crippen LogP contribution >= 0.6 is 0 Å². The van der Waals surface area contributed by atoms with Crippen LogP contribution in [0.15, 0.2) is 17.7 Å². The molecule has 1 aromatic rings. The van der Waals surface area contributed by atoms with Crippen LogP contribution in [-0.2, 0) is 0 Å². The maximum Gasteiger partial charge on any atom is 0.0167 e. The summed E-state index contributed by atoms with van der Waals surface area (Å²) in [4.78, 5) is 0. The van der Waals surface area contributed by atoms with E-state index in [0.717, 1.165) is 19.5 Å². The van der Waals surface area contributed by atoms with Crippen LogP contribution in [0.5, 0.6) is 0 Å². The summed E-state index contributed by atoms with van der Waals surface area (Å²) in [6, 6.07) is 4.59. The Labute approximate surface area is 112 Å². The van der Waals surface area contributed by atoms with Crippen LogP contribution < -0.4 is 5.32 Å². The third-order valence-electron chi connectivity index (χ3n) is 3.47. The van der Waals surface area contributed by atoms with Crippen molar-refractivity contribution in [1.29, 1.82) is 0 Å². The normalized spacial score (nSPS) is 11.9. The summed E-state index contributed by atoms with van der Waals surface area (Å²) in [7, 11) is 0. The molecule has 0 bridgehead atoms. The quantitative estimate of drug-likeness (QED) is 0.732. The predicted molar refractivity (Wildman–Crippen MR) is 82.1 cm³/mol. The molecule has 1 N–H and O–H groups in total. The SMILES string of the molecule is CCCNCC(=Cc1cc(C)c(C)cc1C)CC. The van der Waals surface area contributed by atoms with Crippen molar-refractivity contribution in [2.24, 2.45) is 0 Å². The molecule has 18 heavy (non-hydrogen) atoms. The van der Waals surface area contributed by atoms with Gasteiger partial charge in [-0.15, -0.1) is 0 Å². The standard InChI is InChI=1S/C17H27N/c1-6-8-18-12-16(7-2)11-17-10-14(4)13(3)9-15(17)5/h9-11,18H,6-8,12H2,1-5H3. The predicted octanol–water partition coefficient (Wildman–Crippen LogP) is 4.40. The first-order valence-corrected chi connectivity index (χ1v) is 7.06. The fraction of sp³-hybridized carbons (Fsp3) is 0.529. The first-order valence-electron chi connectivity index (χ1n) is 7.06. The summed E-state index contributed by atoms with van der Waals surface area (Å²) in [5.41, 5.74) is 6.98. The molecule has 0 aromatic heterocycles. The molecule has 100 valence electrons. The summed E-state index contributed by atoms with van der Waals surface area (Å²) in [6.07, 6.45) is 4.66. The second kappa shape index (κ2) is 7.38. The number of nitrogens with one attached hydrogen (secondary N) is 1. The van der Waals surface area contributed by atoms with E-state index in [0.29, 0.717) is 0 Å². The van der Waals surface area contributed by atoms with Crippen LogP contribution in [-0.4, -0.2) is 13.1 Å². The molecule has 0 atom stereocenters. The van der Waals surface area contributed by atoms with Crippen molar-refractivity contribution in [1.82, 2.24) is 5.32 Å². The van der Waals surface area contributed by atoms with Crippen molar-refractivity contribution in [2.45, 2.75) is 47.5 Å². The smallest absolute Gasteiger partial charge is 0.0167 e. The van der Waals surface area contributed by atoms with E-state index in [4.69, 9.17) is 0 Å². The van der Waals surface area contributed by atoms with Gasteiger partial charge in [-0.1, -0.05) is 37.6 Å². The van der Waals surface area contributed by atoms with Crippen LogP contribution in [0.3, 0.4) is 0 Å². The molecule has 0 saturated heterocycles. The molecular formula is C17H27N. The highest BCUT2D eigenvalue weighted by Crippen LogP contribution is 2.18. The molecule has 1 aromatic carbocycles. The zero-order valence-corrected chi connectivity index (χ0v) is 12.6. The van der Waals surface area contributed by atoms with E-state index in [1.807, 2.05) is 0 Å². The first kappa shape index (κ1) is 15.0. The van der Waals surface area contributed by atoms with Gasteiger partial charge in [0.2, 0.25) is 0 Å². The van der Waals surface area contributed by atoms with Crippen molar-refractivity contribution >= 4 is 6.08 Å². The number of rotatable bonds is 6. The largest absolute Gasteiger partial charge is 0.313 e. The fourth-order valence-electron chi connectivity index (χ4n) is 2.06. The van der Waals surface area contributed by atoms with Gasteiger partial charge in [0, 0.05) is 6.54 Å². The van der Waals surface area contributed by atoms with Crippen LogP contribution in [0, 0.1) is 20.8 Å². The summed E-state index contributed by atoms with van der Waals surface area (Å²) in [5, 5.41) is 3.48. The van der Waals surface area contributed by atoms with E-state index < -0.39 is 0 Å². The van der Waals surface area contributed by atoms with Gasteiger partial charge in [-0.2, -0.15) is 0 Å². The molecule has 1 nitrogen and oxygen atoms in total. The van der Waals surface area contributed by atoms with Crippen LogP contribution in [0.4, 0.5) is 0 Å². The highest BCUT2D eigenvalue weighted by Gasteiger charge is 2.01. The average Bonchev–Trinajstić information content (AvgIpc) is 2.34. The molecule has 0 aliphatic heterocycles. The lowest BCUT2D eigenvalue weighted by molar-refractivity contribution is 0.706. The Morgan fingerprint density at radius 3 is 2.33 bits per heavy atom. The van der Waals surface area contributed by atoms with E-state index in [9.17, 15) is 0 Å². The minimum atomic E-state index is 1.01. The average molecular weight is 245 g/mol. The van der Waals surface area contributed by atoms with E-state index in [2.05, 4.69) is 58.1 Å². The molecule has 0 amide bonds. The third kappa shape index (κ3) is 4.30. The van der Waals surface area contributed by atoms with Crippen molar-refractivity contribution < 1.29 is 0 Å². The Hall–Kier alpha value is -1.08. The Kier molecular flexibility index (Phi) is 6.14. The van der Waals surface area contributed by atoms with Gasteiger partial charge in [-0.05, 0) is 62.4 Å². The van der Waals surface area contributed by atoms with Crippen LogP contribution in [0.1, 0.15) is 48.9 Å². The minimum absolute atomic E-state index is 1.01. The lowest BCUT2D eigenvalue weighted by Crippen LogP contribution is -2.17. The topological polar surface area (TPSA) is 12.0 Å². The van der Waals surface area contributed by atoms with Gasteiger partial charge < -0.3 is 5.32 Å². The van der Waals surface area contributed by atoms with E-state index in [1.54, 1.807) is 0 Å².